The van der Waals surface area contributed by atoms with Crippen LogP contribution in [-0.2, 0) is 11.2 Å². The van der Waals surface area contributed by atoms with Gasteiger partial charge in [0.15, 0.2) is 0 Å². The van der Waals surface area contributed by atoms with E-state index in [0.717, 1.165) is 28.4 Å². The molecule has 0 saturated heterocycles. The Kier molecular flexibility index (Phi) is 4.89. The van der Waals surface area contributed by atoms with Crippen LogP contribution in [0.25, 0.3) is 16.9 Å². The normalized spacial score (nSPS) is 10.6. The zero-order valence-electron chi connectivity index (χ0n) is 14.4. The molecule has 3 rings (SSSR count). The summed E-state index contributed by atoms with van der Waals surface area (Å²) in [5.41, 5.74) is 5.32. The lowest BCUT2D eigenvalue weighted by Crippen LogP contribution is -2.05. The van der Waals surface area contributed by atoms with Gasteiger partial charge in [-0.05, 0) is 55.3 Å². The van der Waals surface area contributed by atoms with E-state index in [1.165, 1.54) is 5.56 Å². The Bertz CT molecular complexity index is 861. The molecule has 2 aromatic carbocycles. The van der Waals surface area contributed by atoms with Crippen molar-refractivity contribution in [3.8, 4) is 22.7 Å². The lowest BCUT2D eigenvalue weighted by molar-refractivity contribution is -0.136. The van der Waals surface area contributed by atoms with Crippen molar-refractivity contribution in [2.45, 2.75) is 19.8 Å². The Morgan fingerprint density at radius 2 is 1.68 bits per heavy atom. The highest BCUT2D eigenvalue weighted by molar-refractivity contribution is 5.68. The van der Waals surface area contributed by atoms with Crippen molar-refractivity contribution in [2.24, 2.45) is 0 Å². The maximum Gasteiger partial charge on any atom is 0.303 e. The average Bonchev–Trinajstić information content (AvgIpc) is 3.04. The van der Waals surface area contributed by atoms with E-state index in [1.54, 1.807) is 7.11 Å². The molecule has 0 saturated carbocycles. The minimum Gasteiger partial charge on any atom is -0.497 e. The molecule has 1 aromatic heterocycles. The van der Waals surface area contributed by atoms with Gasteiger partial charge in [-0.15, -0.1) is 0 Å². The summed E-state index contributed by atoms with van der Waals surface area (Å²) in [5.74, 6) is -0.000699. The van der Waals surface area contributed by atoms with Gasteiger partial charge < -0.3 is 14.4 Å². The van der Waals surface area contributed by atoms with Crippen LogP contribution in [0, 0.1) is 6.92 Å². The van der Waals surface area contributed by atoms with Crippen molar-refractivity contribution < 1.29 is 14.6 Å². The van der Waals surface area contributed by atoms with Crippen LogP contribution in [0.1, 0.15) is 17.7 Å². The summed E-state index contributed by atoms with van der Waals surface area (Å²) in [6, 6.07) is 20.2. The second-order valence-electron chi connectivity index (χ2n) is 6.00. The number of aryl methyl sites for hydroxylation is 2. The maximum absolute atomic E-state index is 11.0. The van der Waals surface area contributed by atoms with E-state index in [1.807, 2.05) is 36.4 Å². The maximum atomic E-state index is 11.0. The minimum absolute atomic E-state index is 0.105. The summed E-state index contributed by atoms with van der Waals surface area (Å²) < 4.78 is 7.35. The Hall–Kier alpha value is -3.01. The molecule has 0 atom stereocenters. The van der Waals surface area contributed by atoms with Crippen molar-refractivity contribution in [1.29, 1.82) is 0 Å². The third kappa shape index (κ3) is 3.74. The standard InChI is InChI=1S/C21H21NO3/c1-15-3-5-16(6-4-15)20-13-9-18(10-14-21(23)24)22(20)17-7-11-19(25-2)12-8-17/h3-9,11-13H,10,14H2,1-2H3,(H,23,24). The largest absolute Gasteiger partial charge is 0.497 e. The van der Waals surface area contributed by atoms with Crippen LogP contribution in [0.2, 0.25) is 0 Å². The van der Waals surface area contributed by atoms with Gasteiger partial charge in [-0.3, -0.25) is 4.79 Å². The van der Waals surface area contributed by atoms with Crippen molar-refractivity contribution >= 4 is 5.97 Å². The third-order valence-electron chi connectivity index (χ3n) is 4.23. The number of ether oxygens (including phenoxy) is 1. The van der Waals surface area contributed by atoms with Crippen molar-refractivity contribution in [3.05, 3.63) is 71.9 Å². The van der Waals surface area contributed by atoms with E-state index in [2.05, 4.69) is 35.8 Å². The van der Waals surface area contributed by atoms with Crippen LogP contribution >= 0.6 is 0 Å². The molecule has 0 unspecified atom stereocenters. The molecule has 1 heterocycles. The molecule has 1 N–H and O–H groups in total. The van der Waals surface area contributed by atoms with Gasteiger partial charge in [-0.2, -0.15) is 0 Å². The molecule has 0 aliphatic rings. The summed E-state index contributed by atoms with van der Waals surface area (Å²) in [6.07, 6.45) is 0.584. The number of rotatable bonds is 6. The van der Waals surface area contributed by atoms with E-state index in [-0.39, 0.29) is 6.42 Å². The molecule has 0 spiro atoms. The fourth-order valence-corrected chi connectivity index (χ4v) is 2.89. The Morgan fingerprint density at radius 3 is 2.28 bits per heavy atom. The molecule has 0 aliphatic carbocycles. The number of methoxy groups -OCH3 is 1. The zero-order valence-corrected chi connectivity index (χ0v) is 14.4. The number of carbonyl (C=O) groups is 1. The fraction of sp³-hybridized carbons (Fsp3) is 0.190. The van der Waals surface area contributed by atoms with Gasteiger partial charge in [0.25, 0.3) is 0 Å². The number of hydrogen-bond acceptors (Lipinski definition) is 2. The third-order valence-corrected chi connectivity index (χ3v) is 4.23. The fourth-order valence-electron chi connectivity index (χ4n) is 2.89. The van der Waals surface area contributed by atoms with Crippen molar-refractivity contribution in [3.63, 3.8) is 0 Å². The molecule has 0 bridgehead atoms. The molecule has 25 heavy (non-hydrogen) atoms. The number of carboxylic acids is 1. The van der Waals surface area contributed by atoms with E-state index in [4.69, 9.17) is 9.84 Å². The number of benzene rings is 2. The quantitative estimate of drug-likeness (QED) is 0.722. The average molecular weight is 335 g/mol. The smallest absolute Gasteiger partial charge is 0.303 e. The first kappa shape index (κ1) is 16.8. The van der Waals surface area contributed by atoms with Gasteiger partial charge in [0.1, 0.15) is 5.75 Å². The first-order valence-corrected chi connectivity index (χ1v) is 8.22. The van der Waals surface area contributed by atoms with Gasteiger partial charge in [0.05, 0.1) is 19.2 Å². The predicted molar refractivity (Wildman–Crippen MR) is 98.5 cm³/mol. The molecule has 4 heteroatoms. The van der Waals surface area contributed by atoms with E-state index in [9.17, 15) is 4.79 Å². The molecule has 0 radical (unpaired) electrons. The summed E-state index contributed by atoms with van der Waals surface area (Å²) in [5, 5.41) is 9.03. The molecule has 128 valence electrons. The SMILES string of the molecule is COc1ccc(-n2c(CCC(=O)O)ccc2-c2ccc(C)cc2)cc1. The van der Waals surface area contributed by atoms with Gasteiger partial charge in [0, 0.05) is 11.4 Å². The van der Waals surface area contributed by atoms with E-state index in [0.29, 0.717) is 6.42 Å². The number of aliphatic carboxylic acids is 1. The summed E-state index contributed by atoms with van der Waals surface area (Å²) in [6.45, 7) is 2.06. The first-order chi connectivity index (χ1) is 12.1. The minimum atomic E-state index is -0.792. The summed E-state index contributed by atoms with van der Waals surface area (Å²) in [4.78, 5) is 11.0. The topological polar surface area (TPSA) is 51.5 Å². The summed E-state index contributed by atoms with van der Waals surface area (Å²) >= 11 is 0. The van der Waals surface area contributed by atoms with Gasteiger partial charge in [-0.25, -0.2) is 0 Å². The second-order valence-corrected chi connectivity index (χ2v) is 6.00. The molecule has 4 nitrogen and oxygen atoms in total. The number of hydrogen-bond donors (Lipinski definition) is 1. The van der Waals surface area contributed by atoms with Crippen LogP contribution in [-0.4, -0.2) is 22.8 Å². The van der Waals surface area contributed by atoms with E-state index < -0.39 is 5.97 Å². The van der Waals surface area contributed by atoms with Crippen LogP contribution in [0.3, 0.4) is 0 Å². The van der Waals surface area contributed by atoms with Crippen LogP contribution in [0.15, 0.2) is 60.7 Å². The summed E-state index contributed by atoms with van der Waals surface area (Å²) in [7, 11) is 1.64. The van der Waals surface area contributed by atoms with E-state index >= 15 is 0 Å². The molecule has 0 amide bonds. The number of nitrogens with zero attached hydrogens (tertiary/aromatic N) is 1. The molecule has 3 aromatic rings. The predicted octanol–water partition coefficient (Wildman–Crippen LogP) is 4.48. The monoisotopic (exact) mass is 335 g/mol. The first-order valence-electron chi connectivity index (χ1n) is 8.22. The highest BCUT2D eigenvalue weighted by Crippen LogP contribution is 2.28. The Balaban J connectivity index is 2.08. The van der Waals surface area contributed by atoms with Gasteiger partial charge in [-0.1, -0.05) is 29.8 Å². The molecule has 0 aliphatic heterocycles. The zero-order chi connectivity index (χ0) is 17.8. The lowest BCUT2D eigenvalue weighted by Gasteiger charge is -2.14. The number of aromatic nitrogens is 1. The van der Waals surface area contributed by atoms with Crippen LogP contribution < -0.4 is 4.74 Å². The van der Waals surface area contributed by atoms with Crippen molar-refractivity contribution in [1.82, 2.24) is 4.57 Å². The lowest BCUT2D eigenvalue weighted by atomic mass is 10.1. The molecule has 0 fully saturated rings. The Labute approximate surface area is 147 Å². The highest BCUT2D eigenvalue weighted by Gasteiger charge is 2.13. The highest BCUT2D eigenvalue weighted by atomic mass is 16.5. The van der Waals surface area contributed by atoms with Crippen molar-refractivity contribution in [2.75, 3.05) is 7.11 Å². The number of carboxylic acid groups (broad SMARTS) is 1. The molecular weight excluding hydrogens is 314 g/mol. The van der Waals surface area contributed by atoms with Crippen LogP contribution in [0.5, 0.6) is 5.75 Å². The van der Waals surface area contributed by atoms with Crippen LogP contribution in [0.4, 0.5) is 0 Å². The second kappa shape index (κ2) is 7.26. The van der Waals surface area contributed by atoms with Gasteiger partial charge in [0.2, 0.25) is 0 Å². The Morgan fingerprint density at radius 1 is 1.00 bits per heavy atom. The van der Waals surface area contributed by atoms with Gasteiger partial charge >= 0.3 is 5.97 Å². The molecular formula is C21H21NO3.